The average molecular weight is 211 g/mol. The minimum Gasteiger partial charge on any atom is -0.445 e. The summed E-state index contributed by atoms with van der Waals surface area (Å²) in [4.78, 5) is 10.3. The van der Waals surface area contributed by atoms with Gasteiger partial charge in [-0.25, -0.2) is 4.79 Å². The summed E-state index contributed by atoms with van der Waals surface area (Å²) < 4.78 is 4.55. The molecule has 0 fully saturated rings. The Morgan fingerprint density at radius 2 is 2.36 bits per heavy atom. The normalized spacial score (nSPS) is 9.14. The number of carbonyl (C=O) groups is 1. The molecule has 14 heavy (non-hydrogen) atoms. The first kappa shape index (κ1) is 10.4. The predicted octanol–water partition coefficient (Wildman–Crippen LogP) is 1.81. The largest absolute Gasteiger partial charge is 0.445 e. The maximum Gasteiger partial charge on any atom is 0.404 e. The van der Waals surface area contributed by atoms with Gasteiger partial charge in [-0.05, 0) is 18.2 Å². The standard InChI is InChI=1S/C9H7ClN2O2/c10-8-2-1-6(4-11)7(3-8)5-14-9(12)13/h1-3H,5H2,(H2,12,13). The van der Waals surface area contributed by atoms with Crippen molar-refractivity contribution in [2.45, 2.75) is 6.61 Å². The van der Waals surface area contributed by atoms with E-state index in [-0.39, 0.29) is 6.61 Å². The van der Waals surface area contributed by atoms with E-state index in [1.54, 1.807) is 18.2 Å². The Morgan fingerprint density at radius 3 is 2.93 bits per heavy atom. The predicted molar refractivity (Wildman–Crippen MR) is 50.5 cm³/mol. The van der Waals surface area contributed by atoms with E-state index in [4.69, 9.17) is 22.6 Å². The Hall–Kier alpha value is -1.73. The van der Waals surface area contributed by atoms with E-state index in [9.17, 15) is 4.79 Å². The third-order valence-electron chi connectivity index (χ3n) is 1.56. The van der Waals surface area contributed by atoms with Crippen molar-refractivity contribution in [3.05, 3.63) is 34.3 Å². The second-order valence-corrected chi connectivity index (χ2v) is 2.96. The summed E-state index contributed by atoms with van der Waals surface area (Å²) in [5.41, 5.74) is 5.75. The zero-order chi connectivity index (χ0) is 10.6. The number of halogens is 1. The zero-order valence-corrected chi connectivity index (χ0v) is 7.91. The van der Waals surface area contributed by atoms with Gasteiger partial charge in [-0.2, -0.15) is 5.26 Å². The van der Waals surface area contributed by atoms with Crippen LogP contribution in [0.5, 0.6) is 0 Å². The summed E-state index contributed by atoms with van der Waals surface area (Å²) in [5, 5.41) is 9.19. The molecule has 0 bridgehead atoms. The number of hydrogen-bond acceptors (Lipinski definition) is 3. The van der Waals surface area contributed by atoms with Crippen LogP contribution in [0.2, 0.25) is 5.02 Å². The van der Waals surface area contributed by atoms with Crippen LogP contribution in [0.1, 0.15) is 11.1 Å². The minimum absolute atomic E-state index is 0.0429. The summed E-state index contributed by atoms with van der Waals surface area (Å²) in [6.45, 7) is -0.0429. The number of amides is 1. The van der Waals surface area contributed by atoms with Gasteiger partial charge < -0.3 is 10.5 Å². The van der Waals surface area contributed by atoms with Gasteiger partial charge in [-0.3, -0.25) is 0 Å². The highest BCUT2D eigenvalue weighted by atomic mass is 35.5. The highest BCUT2D eigenvalue weighted by Gasteiger charge is 2.04. The van der Waals surface area contributed by atoms with Gasteiger partial charge in [0.2, 0.25) is 0 Å². The third kappa shape index (κ3) is 2.64. The molecule has 0 heterocycles. The molecule has 0 unspecified atom stereocenters. The van der Waals surface area contributed by atoms with Crippen LogP contribution in [-0.2, 0) is 11.3 Å². The van der Waals surface area contributed by atoms with Gasteiger partial charge in [0.05, 0.1) is 11.6 Å². The van der Waals surface area contributed by atoms with Gasteiger partial charge in [0.15, 0.2) is 0 Å². The van der Waals surface area contributed by atoms with Gasteiger partial charge >= 0.3 is 6.09 Å². The first-order valence-corrected chi connectivity index (χ1v) is 4.12. The molecule has 0 aliphatic heterocycles. The van der Waals surface area contributed by atoms with Crippen LogP contribution in [0.4, 0.5) is 4.79 Å². The minimum atomic E-state index is -0.881. The quantitative estimate of drug-likeness (QED) is 0.809. The molecule has 0 atom stereocenters. The number of nitriles is 1. The van der Waals surface area contributed by atoms with Crippen molar-refractivity contribution in [2.24, 2.45) is 5.73 Å². The maximum absolute atomic E-state index is 10.3. The maximum atomic E-state index is 10.3. The SMILES string of the molecule is N#Cc1ccc(Cl)cc1COC(N)=O. The molecule has 72 valence electrons. The Balaban J connectivity index is 2.89. The third-order valence-corrected chi connectivity index (χ3v) is 1.79. The highest BCUT2D eigenvalue weighted by Crippen LogP contribution is 2.16. The van der Waals surface area contributed by atoms with Crippen molar-refractivity contribution in [1.29, 1.82) is 5.26 Å². The van der Waals surface area contributed by atoms with Gasteiger partial charge in [0.25, 0.3) is 0 Å². The smallest absolute Gasteiger partial charge is 0.404 e. The number of rotatable bonds is 2. The topological polar surface area (TPSA) is 76.1 Å². The Morgan fingerprint density at radius 1 is 1.64 bits per heavy atom. The van der Waals surface area contributed by atoms with E-state index in [0.717, 1.165) is 0 Å². The molecule has 4 nitrogen and oxygen atoms in total. The molecule has 1 aromatic carbocycles. The van der Waals surface area contributed by atoms with Crippen LogP contribution >= 0.6 is 11.6 Å². The van der Waals surface area contributed by atoms with Crippen molar-refractivity contribution in [2.75, 3.05) is 0 Å². The van der Waals surface area contributed by atoms with E-state index < -0.39 is 6.09 Å². The number of ether oxygens (including phenoxy) is 1. The molecule has 1 amide bonds. The fourth-order valence-electron chi connectivity index (χ4n) is 0.940. The van der Waals surface area contributed by atoms with Crippen LogP contribution < -0.4 is 5.73 Å². The molecular weight excluding hydrogens is 204 g/mol. The van der Waals surface area contributed by atoms with E-state index in [2.05, 4.69) is 4.74 Å². The van der Waals surface area contributed by atoms with Crippen LogP contribution in [0.3, 0.4) is 0 Å². The lowest BCUT2D eigenvalue weighted by Crippen LogP contribution is -2.13. The summed E-state index contributed by atoms with van der Waals surface area (Å²) >= 11 is 5.71. The van der Waals surface area contributed by atoms with Crippen molar-refractivity contribution in [3.63, 3.8) is 0 Å². The van der Waals surface area contributed by atoms with Gasteiger partial charge in [0.1, 0.15) is 6.61 Å². The first-order valence-electron chi connectivity index (χ1n) is 3.74. The molecule has 0 aromatic heterocycles. The Kier molecular flexibility index (Phi) is 3.32. The second-order valence-electron chi connectivity index (χ2n) is 2.52. The summed E-state index contributed by atoms with van der Waals surface area (Å²) in [6.07, 6.45) is -0.881. The summed E-state index contributed by atoms with van der Waals surface area (Å²) in [6, 6.07) is 6.66. The fourth-order valence-corrected chi connectivity index (χ4v) is 1.13. The molecule has 1 rings (SSSR count). The number of nitrogens with two attached hydrogens (primary N) is 1. The van der Waals surface area contributed by atoms with E-state index >= 15 is 0 Å². The van der Waals surface area contributed by atoms with Crippen LogP contribution in [0, 0.1) is 11.3 Å². The van der Waals surface area contributed by atoms with Crippen molar-refractivity contribution >= 4 is 17.7 Å². The van der Waals surface area contributed by atoms with Gasteiger partial charge in [-0.1, -0.05) is 11.6 Å². The molecule has 0 saturated heterocycles. The number of carbonyl (C=O) groups excluding carboxylic acids is 1. The van der Waals surface area contributed by atoms with E-state index in [1.165, 1.54) is 0 Å². The lowest BCUT2D eigenvalue weighted by atomic mass is 10.1. The lowest BCUT2D eigenvalue weighted by molar-refractivity contribution is 0.150. The number of nitrogens with zero attached hydrogens (tertiary/aromatic N) is 1. The molecule has 0 aliphatic carbocycles. The highest BCUT2D eigenvalue weighted by molar-refractivity contribution is 6.30. The summed E-state index contributed by atoms with van der Waals surface area (Å²) in [7, 11) is 0. The second kappa shape index (κ2) is 4.49. The van der Waals surface area contributed by atoms with Crippen LogP contribution in [0.15, 0.2) is 18.2 Å². The fraction of sp³-hybridized carbons (Fsp3) is 0.111. The average Bonchev–Trinajstić information content (AvgIpc) is 2.15. The van der Waals surface area contributed by atoms with Crippen LogP contribution in [0.25, 0.3) is 0 Å². The summed E-state index contributed by atoms with van der Waals surface area (Å²) in [5.74, 6) is 0. The Bertz CT molecular complexity index is 398. The van der Waals surface area contributed by atoms with Crippen molar-refractivity contribution < 1.29 is 9.53 Å². The Labute approximate surface area is 85.8 Å². The van der Waals surface area contributed by atoms with Crippen molar-refractivity contribution in [1.82, 2.24) is 0 Å². The van der Waals surface area contributed by atoms with Crippen LogP contribution in [-0.4, -0.2) is 6.09 Å². The number of primary amides is 1. The van der Waals surface area contributed by atoms with Crippen molar-refractivity contribution in [3.8, 4) is 6.07 Å². The lowest BCUT2D eigenvalue weighted by Gasteiger charge is -2.03. The molecule has 0 radical (unpaired) electrons. The molecule has 2 N–H and O–H groups in total. The van der Waals surface area contributed by atoms with Gasteiger partial charge in [0, 0.05) is 10.6 Å². The first-order chi connectivity index (χ1) is 6.63. The van der Waals surface area contributed by atoms with Gasteiger partial charge in [-0.15, -0.1) is 0 Å². The number of hydrogen-bond donors (Lipinski definition) is 1. The monoisotopic (exact) mass is 210 g/mol. The molecule has 0 aliphatic rings. The van der Waals surface area contributed by atoms with E-state index in [0.29, 0.717) is 16.1 Å². The molecule has 0 saturated carbocycles. The van der Waals surface area contributed by atoms with E-state index in [1.807, 2.05) is 6.07 Å². The zero-order valence-electron chi connectivity index (χ0n) is 7.16. The molecular formula is C9H7ClN2O2. The molecule has 0 spiro atoms. The molecule has 5 heteroatoms. The number of benzene rings is 1. The molecule has 1 aromatic rings.